The molecule has 0 saturated carbocycles. The molecule has 0 aliphatic heterocycles. The lowest BCUT2D eigenvalue weighted by atomic mass is 10.1. The summed E-state index contributed by atoms with van der Waals surface area (Å²) in [7, 11) is 0. The molecule has 0 aromatic rings. The Bertz CT molecular complexity index is 110. The highest BCUT2D eigenvalue weighted by Gasteiger charge is 1.99. The third kappa shape index (κ3) is 4.53. The van der Waals surface area contributed by atoms with Crippen molar-refractivity contribution >= 4 is 0 Å². The van der Waals surface area contributed by atoms with Gasteiger partial charge in [-0.1, -0.05) is 18.6 Å². The van der Waals surface area contributed by atoms with E-state index in [1.807, 2.05) is 6.92 Å². The van der Waals surface area contributed by atoms with Gasteiger partial charge in [-0.2, -0.15) is 0 Å². The van der Waals surface area contributed by atoms with Gasteiger partial charge in [-0.15, -0.1) is 0 Å². The average molecular weight is 143 g/mol. The van der Waals surface area contributed by atoms with Crippen LogP contribution < -0.4 is 5.73 Å². The molecule has 2 nitrogen and oxygen atoms in total. The molecule has 0 aromatic carbocycles. The molecule has 0 aliphatic carbocycles. The van der Waals surface area contributed by atoms with Crippen molar-refractivity contribution < 1.29 is 5.11 Å². The molecule has 60 valence electrons. The molecular weight excluding hydrogens is 126 g/mol. The van der Waals surface area contributed by atoms with Crippen LogP contribution in [-0.4, -0.2) is 17.8 Å². The van der Waals surface area contributed by atoms with E-state index in [9.17, 15) is 0 Å². The van der Waals surface area contributed by atoms with Crippen molar-refractivity contribution in [3.8, 4) is 0 Å². The number of nitrogens with two attached hydrogens (primary N) is 1. The molecule has 0 amide bonds. The monoisotopic (exact) mass is 143 g/mol. The van der Waals surface area contributed by atoms with Crippen molar-refractivity contribution in [1.82, 2.24) is 0 Å². The highest BCUT2D eigenvalue weighted by molar-refractivity contribution is 4.99. The lowest BCUT2D eigenvalue weighted by Crippen LogP contribution is -2.24. The third-order valence-corrected chi connectivity index (χ3v) is 1.37. The molecule has 0 radical (unpaired) electrons. The number of aliphatic hydroxyl groups excluding tert-OH is 1. The predicted octanol–water partition coefficient (Wildman–Crippen LogP) is 1.05. The van der Waals surface area contributed by atoms with Gasteiger partial charge in [0.15, 0.2) is 0 Å². The van der Waals surface area contributed by atoms with E-state index >= 15 is 0 Å². The molecule has 2 heteroatoms. The van der Waals surface area contributed by atoms with E-state index in [-0.39, 0.29) is 12.6 Å². The maximum atomic E-state index is 8.60. The Morgan fingerprint density at radius 3 is 2.70 bits per heavy atom. The summed E-state index contributed by atoms with van der Waals surface area (Å²) in [5.74, 6) is 0. The number of hydrogen-bond donors (Lipinski definition) is 2. The second-order valence-corrected chi connectivity index (χ2v) is 2.61. The molecule has 0 bridgehead atoms. The summed E-state index contributed by atoms with van der Waals surface area (Å²) in [6.45, 7) is 4.21. The van der Waals surface area contributed by atoms with Gasteiger partial charge in [0.25, 0.3) is 0 Å². The highest BCUT2D eigenvalue weighted by Crippen LogP contribution is 2.03. The Morgan fingerprint density at radius 1 is 1.70 bits per heavy atom. The smallest absolute Gasteiger partial charge is 0.0585 e. The third-order valence-electron chi connectivity index (χ3n) is 1.37. The Balaban J connectivity index is 3.56. The van der Waals surface area contributed by atoms with E-state index in [1.165, 1.54) is 5.57 Å². The Hall–Kier alpha value is -0.340. The van der Waals surface area contributed by atoms with Gasteiger partial charge >= 0.3 is 0 Å². The summed E-state index contributed by atoms with van der Waals surface area (Å²) in [5, 5.41) is 8.60. The quantitative estimate of drug-likeness (QED) is 0.578. The van der Waals surface area contributed by atoms with Crippen LogP contribution in [0.2, 0.25) is 0 Å². The molecule has 10 heavy (non-hydrogen) atoms. The minimum atomic E-state index is -0.0807. The molecule has 0 spiro atoms. The maximum absolute atomic E-state index is 8.60. The molecule has 3 N–H and O–H groups in total. The van der Waals surface area contributed by atoms with Crippen LogP contribution in [0.3, 0.4) is 0 Å². The zero-order chi connectivity index (χ0) is 7.98. The van der Waals surface area contributed by atoms with Gasteiger partial charge in [-0.05, 0) is 19.8 Å². The van der Waals surface area contributed by atoms with Gasteiger partial charge in [-0.3, -0.25) is 0 Å². The van der Waals surface area contributed by atoms with E-state index in [2.05, 4.69) is 13.0 Å². The number of aliphatic hydroxyl groups is 1. The maximum Gasteiger partial charge on any atom is 0.0585 e. The molecule has 0 aliphatic rings. The van der Waals surface area contributed by atoms with E-state index in [1.54, 1.807) is 0 Å². The molecule has 0 rings (SSSR count). The summed E-state index contributed by atoms with van der Waals surface area (Å²) in [6.07, 6.45) is 3.99. The van der Waals surface area contributed by atoms with Gasteiger partial charge in [0.2, 0.25) is 0 Å². The molecule has 0 heterocycles. The summed E-state index contributed by atoms with van der Waals surface area (Å²) in [5.41, 5.74) is 6.78. The van der Waals surface area contributed by atoms with E-state index in [0.29, 0.717) is 0 Å². The first-order valence-corrected chi connectivity index (χ1v) is 3.72. The fraction of sp³-hybridized carbons (Fsp3) is 0.750. The Morgan fingerprint density at radius 2 is 2.30 bits per heavy atom. The van der Waals surface area contributed by atoms with E-state index in [4.69, 9.17) is 10.8 Å². The predicted molar refractivity (Wildman–Crippen MR) is 43.7 cm³/mol. The number of allylic oxidation sites excluding steroid dienone is 1. The van der Waals surface area contributed by atoms with Crippen LogP contribution >= 0.6 is 0 Å². The summed E-state index contributed by atoms with van der Waals surface area (Å²) in [4.78, 5) is 0. The molecule has 1 atom stereocenters. The van der Waals surface area contributed by atoms with Crippen LogP contribution in [0.4, 0.5) is 0 Å². The first-order chi connectivity index (χ1) is 4.70. The molecular formula is C8H17NO. The van der Waals surface area contributed by atoms with Crippen LogP contribution in [0, 0.1) is 0 Å². The fourth-order valence-electron chi connectivity index (χ4n) is 0.910. The SMILES string of the molecule is CC/C=C(/C)CC(N)CO. The second kappa shape index (κ2) is 5.45. The van der Waals surface area contributed by atoms with Crippen molar-refractivity contribution in [2.45, 2.75) is 32.7 Å². The average Bonchev–Trinajstić information content (AvgIpc) is 1.88. The number of hydrogen-bond acceptors (Lipinski definition) is 2. The standard InChI is InChI=1S/C8H17NO/c1-3-4-7(2)5-8(9)6-10/h4,8,10H,3,5-6,9H2,1-2H3/b7-4-. The molecule has 0 aromatic heterocycles. The second-order valence-electron chi connectivity index (χ2n) is 2.61. The minimum Gasteiger partial charge on any atom is -0.395 e. The van der Waals surface area contributed by atoms with E-state index < -0.39 is 0 Å². The van der Waals surface area contributed by atoms with Crippen molar-refractivity contribution in [3.63, 3.8) is 0 Å². The molecule has 0 fully saturated rings. The first-order valence-electron chi connectivity index (χ1n) is 3.72. The topological polar surface area (TPSA) is 46.2 Å². The fourth-order valence-corrected chi connectivity index (χ4v) is 0.910. The van der Waals surface area contributed by atoms with Crippen LogP contribution in [-0.2, 0) is 0 Å². The zero-order valence-electron chi connectivity index (χ0n) is 6.80. The Kier molecular flexibility index (Phi) is 5.26. The van der Waals surface area contributed by atoms with Crippen molar-refractivity contribution in [2.24, 2.45) is 5.73 Å². The van der Waals surface area contributed by atoms with Gasteiger partial charge in [0.1, 0.15) is 0 Å². The lowest BCUT2D eigenvalue weighted by Gasteiger charge is -2.06. The summed E-state index contributed by atoms with van der Waals surface area (Å²) in [6, 6.07) is -0.0807. The minimum absolute atomic E-state index is 0.0783. The van der Waals surface area contributed by atoms with Crippen LogP contribution in [0.5, 0.6) is 0 Å². The summed E-state index contributed by atoms with van der Waals surface area (Å²) < 4.78 is 0. The number of rotatable bonds is 4. The normalized spacial score (nSPS) is 15.4. The molecule has 0 saturated heterocycles. The molecule has 1 unspecified atom stereocenters. The van der Waals surface area contributed by atoms with Crippen LogP contribution in [0.25, 0.3) is 0 Å². The largest absolute Gasteiger partial charge is 0.395 e. The van der Waals surface area contributed by atoms with Gasteiger partial charge < -0.3 is 10.8 Å². The van der Waals surface area contributed by atoms with Crippen molar-refractivity contribution in [2.75, 3.05) is 6.61 Å². The van der Waals surface area contributed by atoms with Crippen molar-refractivity contribution in [3.05, 3.63) is 11.6 Å². The zero-order valence-corrected chi connectivity index (χ0v) is 6.80. The highest BCUT2D eigenvalue weighted by atomic mass is 16.3. The Labute approximate surface area is 62.7 Å². The van der Waals surface area contributed by atoms with Gasteiger partial charge in [0.05, 0.1) is 6.61 Å². The lowest BCUT2D eigenvalue weighted by molar-refractivity contribution is 0.265. The van der Waals surface area contributed by atoms with E-state index in [0.717, 1.165) is 12.8 Å². The van der Waals surface area contributed by atoms with Gasteiger partial charge in [0, 0.05) is 6.04 Å². The summed E-state index contributed by atoms with van der Waals surface area (Å²) >= 11 is 0. The first kappa shape index (κ1) is 9.66. The van der Waals surface area contributed by atoms with Crippen molar-refractivity contribution in [1.29, 1.82) is 0 Å². The van der Waals surface area contributed by atoms with Crippen LogP contribution in [0.15, 0.2) is 11.6 Å². The van der Waals surface area contributed by atoms with Crippen LogP contribution in [0.1, 0.15) is 26.7 Å². The van der Waals surface area contributed by atoms with Gasteiger partial charge in [-0.25, -0.2) is 0 Å².